The van der Waals surface area contributed by atoms with Gasteiger partial charge in [-0.1, -0.05) is 18.2 Å². The Morgan fingerprint density at radius 3 is 2.50 bits per heavy atom. The molecule has 0 aliphatic carbocycles. The van der Waals surface area contributed by atoms with E-state index in [0.717, 1.165) is 21.0 Å². The quantitative estimate of drug-likeness (QED) is 0.683. The number of hydrogen-bond acceptors (Lipinski definition) is 3. The lowest BCUT2D eigenvalue weighted by atomic mass is 10.1. The van der Waals surface area contributed by atoms with E-state index in [1.165, 1.54) is 24.7 Å². The van der Waals surface area contributed by atoms with Gasteiger partial charge in [-0.05, 0) is 25.0 Å². The van der Waals surface area contributed by atoms with Gasteiger partial charge >= 0.3 is 5.69 Å². The van der Waals surface area contributed by atoms with Crippen molar-refractivity contribution in [2.75, 3.05) is 0 Å². The molecule has 2 aromatic heterocycles. The van der Waals surface area contributed by atoms with Crippen molar-refractivity contribution >= 4 is 16.7 Å². The molecule has 0 aliphatic heterocycles. The highest BCUT2D eigenvalue weighted by molar-refractivity contribution is 5.93. The maximum absolute atomic E-state index is 12.3. The van der Waals surface area contributed by atoms with Crippen LogP contribution in [-0.4, -0.2) is 19.5 Å². The zero-order valence-corrected chi connectivity index (χ0v) is 13.9. The second-order valence-corrected chi connectivity index (χ2v) is 5.97. The molecule has 3 rings (SSSR count). The third-order valence-corrected chi connectivity index (χ3v) is 4.33. The molecule has 0 amide bonds. The molecule has 124 valence electrons. The summed E-state index contributed by atoms with van der Waals surface area (Å²) in [5.74, 6) is -0.338. The van der Waals surface area contributed by atoms with Crippen LogP contribution >= 0.6 is 0 Å². The summed E-state index contributed by atoms with van der Waals surface area (Å²) in [7, 11) is 3.38. The number of carbonyl (C=O) groups is 1. The average molecular weight is 325 g/mol. The molecule has 3 aromatic rings. The summed E-state index contributed by atoms with van der Waals surface area (Å²) in [5, 5.41) is 1.14. The minimum atomic E-state index is -0.547. The second kappa shape index (κ2) is 5.96. The molecule has 0 saturated heterocycles. The van der Waals surface area contributed by atoms with Crippen molar-refractivity contribution in [1.29, 1.82) is 0 Å². The fourth-order valence-corrected chi connectivity index (χ4v) is 2.99. The molecule has 0 spiro atoms. The SMILES string of the molecule is CC(=O)c1cn(CCc2cn(C)c3ccccc23)c(=O)n(C)c1=O. The van der Waals surface area contributed by atoms with Crippen LogP contribution in [-0.2, 0) is 27.1 Å². The zero-order chi connectivity index (χ0) is 17.4. The number of para-hydroxylation sites is 1. The molecule has 0 N–H and O–H groups in total. The van der Waals surface area contributed by atoms with E-state index >= 15 is 0 Å². The van der Waals surface area contributed by atoms with Gasteiger partial charge in [0.15, 0.2) is 5.78 Å². The van der Waals surface area contributed by atoms with Crippen molar-refractivity contribution in [2.24, 2.45) is 14.1 Å². The minimum absolute atomic E-state index is 0.0371. The van der Waals surface area contributed by atoms with E-state index in [1.807, 2.05) is 31.4 Å². The molecule has 0 radical (unpaired) electrons. The van der Waals surface area contributed by atoms with E-state index in [9.17, 15) is 14.4 Å². The largest absolute Gasteiger partial charge is 0.350 e. The van der Waals surface area contributed by atoms with Crippen molar-refractivity contribution in [3.05, 3.63) is 68.6 Å². The number of aromatic nitrogens is 3. The lowest BCUT2D eigenvalue weighted by molar-refractivity contribution is 0.101. The van der Waals surface area contributed by atoms with E-state index in [0.29, 0.717) is 13.0 Å². The van der Waals surface area contributed by atoms with Crippen LogP contribution in [0.15, 0.2) is 46.2 Å². The van der Waals surface area contributed by atoms with Crippen molar-refractivity contribution < 1.29 is 4.79 Å². The van der Waals surface area contributed by atoms with Gasteiger partial charge in [-0.3, -0.25) is 18.7 Å². The summed E-state index contributed by atoms with van der Waals surface area (Å²) in [4.78, 5) is 35.8. The number of Topliss-reactive ketones (excluding diaryl/α,β-unsaturated/α-hetero) is 1. The molecule has 6 nitrogen and oxygen atoms in total. The van der Waals surface area contributed by atoms with Gasteiger partial charge in [0.2, 0.25) is 0 Å². The third kappa shape index (κ3) is 2.60. The van der Waals surface area contributed by atoms with Crippen LogP contribution in [0.25, 0.3) is 10.9 Å². The van der Waals surface area contributed by atoms with Crippen LogP contribution < -0.4 is 11.2 Å². The van der Waals surface area contributed by atoms with Crippen LogP contribution in [0.1, 0.15) is 22.8 Å². The molecule has 0 unspecified atom stereocenters. The number of aryl methyl sites for hydroxylation is 3. The van der Waals surface area contributed by atoms with Gasteiger partial charge in [-0.15, -0.1) is 0 Å². The summed E-state index contributed by atoms with van der Waals surface area (Å²) in [6.07, 6.45) is 4.05. The number of carbonyl (C=O) groups excluding carboxylic acids is 1. The fourth-order valence-electron chi connectivity index (χ4n) is 2.99. The Balaban J connectivity index is 1.99. The third-order valence-electron chi connectivity index (χ3n) is 4.33. The van der Waals surface area contributed by atoms with Crippen LogP contribution in [0, 0.1) is 0 Å². The van der Waals surface area contributed by atoms with Crippen LogP contribution in [0.4, 0.5) is 0 Å². The lowest BCUT2D eigenvalue weighted by Gasteiger charge is -2.09. The molecular formula is C18H19N3O3. The van der Waals surface area contributed by atoms with Gasteiger partial charge in [0.25, 0.3) is 5.56 Å². The number of nitrogens with zero attached hydrogens (tertiary/aromatic N) is 3. The molecular weight excluding hydrogens is 306 g/mol. The Morgan fingerprint density at radius 1 is 1.08 bits per heavy atom. The molecule has 0 aliphatic rings. The topological polar surface area (TPSA) is 66.0 Å². The van der Waals surface area contributed by atoms with Crippen LogP contribution in [0.5, 0.6) is 0 Å². The van der Waals surface area contributed by atoms with Crippen molar-refractivity contribution in [2.45, 2.75) is 19.9 Å². The van der Waals surface area contributed by atoms with E-state index in [2.05, 4.69) is 10.6 Å². The van der Waals surface area contributed by atoms with Gasteiger partial charge in [0.1, 0.15) is 0 Å². The predicted molar refractivity (Wildman–Crippen MR) is 92.6 cm³/mol. The first-order valence-corrected chi connectivity index (χ1v) is 7.74. The molecule has 2 heterocycles. The summed E-state index contributed by atoms with van der Waals surface area (Å²) < 4.78 is 4.47. The van der Waals surface area contributed by atoms with E-state index in [-0.39, 0.29) is 11.3 Å². The highest BCUT2D eigenvalue weighted by atomic mass is 16.2. The molecule has 6 heteroatoms. The van der Waals surface area contributed by atoms with Crippen molar-refractivity contribution in [3.63, 3.8) is 0 Å². The predicted octanol–water partition coefficient (Wildman–Crippen LogP) is 1.48. The Labute approximate surface area is 138 Å². The van der Waals surface area contributed by atoms with E-state index < -0.39 is 11.2 Å². The Bertz CT molecular complexity index is 1050. The standard InChI is InChI=1S/C18H19N3O3/c1-12(22)15-11-21(18(24)20(3)17(15)23)9-8-13-10-19(2)16-7-5-4-6-14(13)16/h4-7,10-11H,8-9H2,1-3H3. The number of fused-ring (bicyclic) bond motifs is 1. The maximum Gasteiger partial charge on any atom is 0.330 e. The molecule has 0 saturated carbocycles. The molecule has 0 atom stereocenters. The maximum atomic E-state index is 12.3. The Kier molecular flexibility index (Phi) is 3.97. The average Bonchev–Trinajstić information content (AvgIpc) is 2.88. The molecule has 24 heavy (non-hydrogen) atoms. The van der Waals surface area contributed by atoms with E-state index in [4.69, 9.17) is 0 Å². The monoisotopic (exact) mass is 325 g/mol. The van der Waals surface area contributed by atoms with Crippen molar-refractivity contribution in [1.82, 2.24) is 13.7 Å². The lowest BCUT2D eigenvalue weighted by Crippen LogP contribution is -2.40. The Hall–Kier alpha value is -2.89. The summed E-state index contributed by atoms with van der Waals surface area (Å²) in [5.41, 5.74) is 1.33. The molecule has 1 aromatic carbocycles. The highest BCUT2D eigenvalue weighted by Gasteiger charge is 2.13. The van der Waals surface area contributed by atoms with Crippen LogP contribution in [0.3, 0.4) is 0 Å². The summed E-state index contributed by atoms with van der Waals surface area (Å²) in [6, 6.07) is 8.07. The highest BCUT2D eigenvalue weighted by Crippen LogP contribution is 2.20. The smallest absolute Gasteiger partial charge is 0.330 e. The number of hydrogen-bond donors (Lipinski definition) is 0. The zero-order valence-electron chi connectivity index (χ0n) is 13.9. The number of benzene rings is 1. The summed E-state index contributed by atoms with van der Waals surface area (Å²) in [6.45, 7) is 1.73. The summed E-state index contributed by atoms with van der Waals surface area (Å²) >= 11 is 0. The fraction of sp³-hybridized carbons (Fsp3) is 0.278. The number of rotatable bonds is 4. The second-order valence-electron chi connectivity index (χ2n) is 5.97. The van der Waals surface area contributed by atoms with Gasteiger partial charge in [0.05, 0.1) is 5.56 Å². The normalized spacial score (nSPS) is 11.1. The van der Waals surface area contributed by atoms with Gasteiger partial charge in [-0.25, -0.2) is 4.79 Å². The molecule has 0 fully saturated rings. The molecule has 0 bridgehead atoms. The van der Waals surface area contributed by atoms with Gasteiger partial charge < -0.3 is 4.57 Å². The van der Waals surface area contributed by atoms with Gasteiger partial charge in [-0.2, -0.15) is 0 Å². The van der Waals surface area contributed by atoms with Crippen molar-refractivity contribution in [3.8, 4) is 0 Å². The Morgan fingerprint density at radius 2 is 1.79 bits per heavy atom. The van der Waals surface area contributed by atoms with E-state index in [1.54, 1.807) is 0 Å². The first-order chi connectivity index (χ1) is 11.4. The minimum Gasteiger partial charge on any atom is -0.350 e. The first-order valence-electron chi connectivity index (χ1n) is 7.74. The van der Waals surface area contributed by atoms with Crippen LogP contribution in [0.2, 0.25) is 0 Å². The van der Waals surface area contributed by atoms with Gasteiger partial charge in [0, 0.05) is 43.9 Å². The first kappa shape index (κ1) is 16.0. The number of ketones is 1.